The second-order valence-corrected chi connectivity index (χ2v) is 7.91. The Balaban J connectivity index is 1.52. The SMILES string of the molecule is C=CCN1C(=O)[C@H](CC(=O)Nc2ccc(Cl)cc2)N(Cc2ccc3c(c2)OCO3)C1=S. The second kappa shape index (κ2) is 8.95. The molecule has 2 aromatic carbocycles. The van der Waals surface area contributed by atoms with Crippen molar-refractivity contribution in [2.75, 3.05) is 18.7 Å². The van der Waals surface area contributed by atoms with E-state index in [1.165, 1.54) is 4.90 Å². The average molecular weight is 458 g/mol. The van der Waals surface area contributed by atoms with Crippen LogP contribution in [-0.4, -0.2) is 46.1 Å². The van der Waals surface area contributed by atoms with Crippen LogP contribution in [0.15, 0.2) is 55.1 Å². The zero-order valence-electron chi connectivity index (χ0n) is 16.5. The van der Waals surface area contributed by atoms with Crippen LogP contribution >= 0.6 is 23.8 Å². The Labute approximate surface area is 190 Å². The summed E-state index contributed by atoms with van der Waals surface area (Å²) in [5.74, 6) is 0.807. The van der Waals surface area contributed by atoms with Gasteiger partial charge in [-0.25, -0.2) is 0 Å². The number of ether oxygens (including phenoxy) is 2. The van der Waals surface area contributed by atoms with E-state index in [1.54, 1.807) is 35.2 Å². The Kier molecular flexibility index (Phi) is 6.11. The summed E-state index contributed by atoms with van der Waals surface area (Å²) in [6.45, 7) is 4.52. The highest BCUT2D eigenvalue weighted by Gasteiger charge is 2.42. The zero-order chi connectivity index (χ0) is 22.0. The lowest BCUT2D eigenvalue weighted by Gasteiger charge is -2.24. The molecule has 1 saturated heterocycles. The first kappa shape index (κ1) is 21.1. The van der Waals surface area contributed by atoms with E-state index < -0.39 is 6.04 Å². The Bertz CT molecular complexity index is 1040. The maximum atomic E-state index is 13.0. The maximum Gasteiger partial charge on any atom is 0.252 e. The molecular formula is C22H20ClN3O4S. The van der Waals surface area contributed by atoms with Gasteiger partial charge in [0.1, 0.15) is 6.04 Å². The van der Waals surface area contributed by atoms with Gasteiger partial charge in [-0.2, -0.15) is 0 Å². The van der Waals surface area contributed by atoms with E-state index in [0.29, 0.717) is 33.9 Å². The molecule has 0 unspecified atom stereocenters. The second-order valence-electron chi connectivity index (χ2n) is 7.11. The summed E-state index contributed by atoms with van der Waals surface area (Å²) in [7, 11) is 0. The van der Waals surface area contributed by atoms with E-state index in [2.05, 4.69) is 11.9 Å². The van der Waals surface area contributed by atoms with Gasteiger partial charge in [0.05, 0.1) is 6.42 Å². The highest BCUT2D eigenvalue weighted by Crippen LogP contribution is 2.34. The number of hydrogen-bond donors (Lipinski definition) is 1. The van der Waals surface area contributed by atoms with E-state index in [0.717, 1.165) is 5.56 Å². The van der Waals surface area contributed by atoms with Crippen LogP contribution in [0.3, 0.4) is 0 Å². The fourth-order valence-electron chi connectivity index (χ4n) is 3.53. The molecule has 2 aliphatic rings. The highest BCUT2D eigenvalue weighted by molar-refractivity contribution is 7.80. The quantitative estimate of drug-likeness (QED) is 0.506. The van der Waals surface area contributed by atoms with Gasteiger partial charge in [0.2, 0.25) is 12.7 Å². The van der Waals surface area contributed by atoms with Crippen molar-refractivity contribution in [3.8, 4) is 11.5 Å². The number of halogens is 1. The van der Waals surface area contributed by atoms with Crippen LogP contribution in [0.1, 0.15) is 12.0 Å². The van der Waals surface area contributed by atoms with E-state index in [9.17, 15) is 9.59 Å². The summed E-state index contributed by atoms with van der Waals surface area (Å²) in [6.07, 6.45) is 1.57. The summed E-state index contributed by atoms with van der Waals surface area (Å²) in [5.41, 5.74) is 1.50. The topological polar surface area (TPSA) is 71.1 Å². The normalized spacial score (nSPS) is 17.3. The molecule has 2 amide bonds. The van der Waals surface area contributed by atoms with Gasteiger partial charge in [-0.15, -0.1) is 6.58 Å². The monoisotopic (exact) mass is 457 g/mol. The van der Waals surface area contributed by atoms with Crippen LogP contribution in [0, 0.1) is 0 Å². The summed E-state index contributed by atoms with van der Waals surface area (Å²) in [4.78, 5) is 28.9. The van der Waals surface area contributed by atoms with Gasteiger partial charge < -0.3 is 19.7 Å². The lowest BCUT2D eigenvalue weighted by molar-refractivity contribution is -0.130. The number of nitrogens with zero attached hydrogens (tertiary/aromatic N) is 2. The van der Waals surface area contributed by atoms with Crippen molar-refractivity contribution in [3.05, 3.63) is 65.7 Å². The van der Waals surface area contributed by atoms with Crippen molar-refractivity contribution < 1.29 is 19.1 Å². The van der Waals surface area contributed by atoms with Crippen LogP contribution in [0.2, 0.25) is 5.02 Å². The predicted octanol–water partition coefficient (Wildman–Crippen LogP) is 3.58. The molecule has 0 bridgehead atoms. The van der Waals surface area contributed by atoms with Gasteiger partial charge in [0.15, 0.2) is 16.6 Å². The minimum atomic E-state index is -0.717. The third kappa shape index (κ3) is 4.50. The van der Waals surface area contributed by atoms with Crippen molar-refractivity contribution in [2.24, 2.45) is 0 Å². The molecule has 1 N–H and O–H groups in total. The van der Waals surface area contributed by atoms with Crippen molar-refractivity contribution in [1.29, 1.82) is 0 Å². The van der Waals surface area contributed by atoms with E-state index in [4.69, 9.17) is 33.3 Å². The van der Waals surface area contributed by atoms with Crippen LogP contribution in [0.25, 0.3) is 0 Å². The highest BCUT2D eigenvalue weighted by atomic mass is 35.5. The lowest BCUT2D eigenvalue weighted by atomic mass is 10.1. The molecule has 2 heterocycles. The van der Waals surface area contributed by atoms with Gasteiger partial charge >= 0.3 is 0 Å². The molecule has 0 aliphatic carbocycles. The minimum Gasteiger partial charge on any atom is -0.454 e. The predicted molar refractivity (Wildman–Crippen MR) is 121 cm³/mol. The molecule has 7 nitrogen and oxygen atoms in total. The number of carbonyl (C=O) groups excluding carboxylic acids is 2. The van der Waals surface area contributed by atoms with Crippen LogP contribution < -0.4 is 14.8 Å². The minimum absolute atomic E-state index is 0.0419. The van der Waals surface area contributed by atoms with Gasteiger partial charge in [-0.05, 0) is 54.2 Å². The molecule has 0 saturated carbocycles. The molecule has 31 heavy (non-hydrogen) atoms. The molecular weight excluding hydrogens is 438 g/mol. The molecule has 2 aliphatic heterocycles. The molecule has 9 heteroatoms. The molecule has 0 spiro atoms. The van der Waals surface area contributed by atoms with Crippen molar-refractivity contribution >= 4 is 46.4 Å². The number of rotatable bonds is 7. The third-order valence-corrected chi connectivity index (χ3v) is 5.72. The first-order chi connectivity index (χ1) is 15.0. The van der Waals surface area contributed by atoms with Gasteiger partial charge in [0, 0.05) is 23.8 Å². The number of nitrogens with one attached hydrogen (secondary N) is 1. The molecule has 1 fully saturated rings. The Morgan fingerprint density at radius 3 is 2.71 bits per heavy atom. The smallest absolute Gasteiger partial charge is 0.252 e. The molecule has 160 valence electrons. The van der Waals surface area contributed by atoms with E-state index >= 15 is 0 Å². The average Bonchev–Trinajstić information content (AvgIpc) is 3.30. The number of carbonyl (C=O) groups is 2. The number of benzene rings is 2. The fourth-order valence-corrected chi connectivity index (χ4v) is 4.01. The number of amides is 2. The molecule has 0 aromatic heterocycles. The Morgan fingerprint density at radius 1 is 1.23 bits per heavy atom. The Morgan fingerprint density at radius 2 is 1.97 bits per heavy atom. The van der Waals surface area contributed by atoms with Crippen molar-refractivity contribution in [1.82, 2.24) is 9.80 Å². The van der Waals surface area contributed by atoms with E-state index in [-0.39, 0.29) is 31.6 Å². The number of fused-ring (bicyclic) bond motifs is 1. The standard InChI is InChI=1S/C22H20ClN3O4S/c1-2-9-25-21(28)17(11-20(27)24-16-6-4-15(23)5-7-16)26(22(25)31)12-14-3-8-18-19(10-14)30-13-29-18/h2-8,10,17H,1,9,11-13H2,(H,24,27)/t17-/m0/s1. The molecule has 0 radical (unpaired) electrons. The molecule has 2 aromatic rings. The van der Waals surface area contributed by atoms with Crippen LogP contribution in [0.5, 0.6) is 11.5 Å². The largest absolute Gasteiger partial charge is 0.454 e. The van der Waals surface area contributed by atoms with Crippen molar-refractivity contribution in [2.45, 2.75) is 19.0 Å². The van der Waals surface area contributed by atoms with Gasteiger partial charge in [0.25, 0.3) is 5.91 Å². The zero-order valence-corrected chi connectivity index (χ0v) is 18.1. The first-order valence-electron chi connectivity index (χ1n) is 9.63. The number of hydrogen-bond acceptors (Lipinski definition) is 5. The fraction of sp³-hybridized carbons (Fsp3) is 0.227. The van der Waals surface area contributed by atoms with Gasteiger partial charge in [-0.1, -0.05) is 23.7 Å². The number of thiocarbonyl (C=S) groups is 1. The molecule has 4 rings (SSSR count). The summed E-state index contributed by atoms with van der Waals surface area (Å²) in [6, 6.07) is 11.6. The number of anilines is 1. The first-order valence-corrected chi connectivity index (χ1v) is 10.4. The van der Waals surface area contributed by atoms with Crippen LogP contribution in [0.4, 0.5) is 5.69 Å². The summed E-state index contributed by atoms with van der Waals surface area (Å²) in [5, 5.41) is 3.74. The molecule has 1 atom stereocenters. The van der Waals surface area contributed by atoms with Crippen molar-refractivity contribution in [3.63, 3.8) is 0 Å². The van der Waals surface area contributed by atoms with Crippen LogP contribution in [-0.2, 0) is 16.1 Å². The van der Waals surface area contributed by atoms with E-state index in [1.807, 2.05) is 18.2 Å². The lowest BCUT2D eigenvalue weighted by Crippen LogP contribution is -2.37. The summed E-state index contributed by atoms with van der Waals surface area (Å²) >= 11 is 11.4. The maximum absolute atomic E-state index is 13.0. The third-order valence-electron chi connectivity index (χ3n) is 5.01. The summed E-state index contributed by atoms with van der Waals surface area (Å²) < 4.78 is 10.8. The van der Waals surface area contributed by atoms with Gasteiger partial charge in [-0.3, -0.25) is 14.5 Å². The Hall–Kier alpha value is -3.10.